The zero-order valence-corrected chi connectivity index (χ0v) is 14.2. The van der Waals surface area contributed by atoms with Gasteiger partial charge in [-0.05, 0) is 42.0 Å². The number of benzene rings is 2. The molecule has 1 amide bonds. The van der Waals surface area contributed by atoms with E-state index >= 15 is 0 Å². The van der Waals surface area contributed by atoms with Crippen LogP contribution in [0.15, 0.2) is 48.1 Å². The van der Waals surface area contributed by atoms with Crippen LogP contribution in [0.5, 0.6) is 0 Å². The maximum absolute atomic E-state index is 13.3. The van der Waals surface area contributed by atoms with E-state index in [-0.39, 0.29) is 12.5 Å². The number of nitrogens with one attached hydrogen (secondary N) is 2. The van der Waals surface area contributed by atoms with Crippen LogP contribution in [0.2, 0.25) is 0 Å². The monoisotopic (exact) mass is 369 g/mol. The third-order valence-electron chi connectivity index (χ3n) is 3.96. The van der Waals surface area contributed by atoms with Gasteiger partial charge in [0.25, 0.3) is 5.91 Å². The van der Waals surface area contributed by atoms with Gasteiger partial charge in [-0.25, -0.2) is 8.78 Å². The zero-order valence-electron chi connectivity index (χ0n) is 13.4. The van der Waals surface area contributed by atoms with Gasteiger partial charge in [0.15, 0.2) is 0 Å². The van der Waals surface area contributed by atoms with Crippen molar-refractivity contribution in [1.29, 1.82) is 0 Å². The van der Waals surface area contributed by atoms with E-state index in [9.17, 15) is 13.6 Å². The van der Waals surface area contributed by atoms with Crippen LogP contribution in [0.3, 0.4) is 0 Å². The molecule has 0 spiro atoms. The fraction of sp³-hybridized carbons (Fsp3) is 0.0526. The Morgan fingerprint density at radius 3 is 2.69 bits per heavy atom. The summed E-state index contributed by atoms with van der Waals surface area (Å²) >= 11 is 1.45. The van der Waals surface area contributed by atoms with Gasteiger partial charge in [-0.3, -0.25) is 9.78 Å². The van der Waals surface area contributed by atoms with E-state index in [0.29, 0.717) is 11.1 Å². The largest absolute Gasteiger partial charge is 0.381 e. The number of anilines is 2. The number of hydrogen-bond donors (Lipinski definition) is 2. The van der Waals surface area contributed by atoms with Crippen LogP contribution in [-0.4, -0.2) is 10.9 Å². The van der Waals surface area contributed by atoms with Gasteiger partial charge >= 0.3 is 0 Å². The van der Waals surface area contributed by atoms with Crippen molar-refractivity contribution >= 4 is 40.3 Å². The Morgan fingerprint density at radius 1 is 1.15 bits per heavy atom. The second kappa shape index (κ2) is 6.68. The topological polar surface area (TPSA) is 54.0 Å². The lowest BCUT2D eigenvalue weighted by Crippen LogP contribution is -2.03. The predicted octanol–water partition coefficient (Wildman–Crippen LogP) is 4.53. The first-order valence-electron chi connectivity index (χ1n) is 7.83. The highest BCUT2D eigenvalue weighted by atomic mass is 32.1. The molecule has 2 aromatic carbocycles. The maximum atomic E-state index is 13.3. The predicted molar refractivity (Wildman–Crippen MR) is 98.7 cm³/mol. The van der Waals surface area contributed by atoms with Gasteiger partial charge in [0.1, 0.15) is 11.6 Å². The van der Waals surface area contributed by atoms with E-state index < -0.39 is 11.6 Å². The molecule has 1 aliphatic heterocycles. The summed E-state index contributed by atoms with van der Waals surface area (Å²) in [5, 5.41) is 5.96. The van der Waals surface area contributed by atoms with E-state index in [4.69, 9.17) is 0 Å². The molecular formula is C19H13F2N3OS. The quantitative estimate of drug-likeness (QED) is 0.665. The van der Waals surface area contributed by atoms with Gasteiger partial charge < -0.3 is 10.6 Å². The second-order valence-electron chi connectivity index (χ2n) is 5.81. The van der Waals surface area contributed by atoms with Crippen LogP contribution < -0.4 is 10.6 Å². The number of halogens is 2. The average molecular weight is 369 g/mol. The first-order valence-corrected chi connectivity index (χ1v) is 8.71. The molecule has 4 nitrogen and oxygen atoms in total. The molecule has 1 aliphatic rings. The molecule has 0 saturated heterocycles. The van der Waals surface area contributed by atoms with Gasteiger partial charge in [0, 0.05) is 40.6 Å². The van der Waals surface area contributed by atoms with Gasteiger partial charge in [-0.1, -0.05) is 0 Å². The molecule has 7 heteroatoms. The smallest absolute Gasteiger partial charge is 0.256 e. The Balaban J connectivity index is 1.59. The number of aromatic nitrogens is 1. The van der Waals surface area contributed by atoms with Crippen molar-refractivity contribution in [3.8, 4) is 0 Å². The molecule has 0 bridgehead atoms. The molecule has 4 rings (SSSR count). The Kier molecular flexibility index (Phi) is 4.22. The number of hydrogen-bond acceptors (Lipinski definition) is 4. The fourth-order valence-corrected chi connectivity index (χ4v) is 3.35. The van der Waals surface area contributed by atoms with Crippen molar-refractivity contribution in [3.63, 3.8) is 0 Å². The lowest BCUT2D eigenvalue weighted by Gasteiger charge is -2.09. The summed E-state index contributed by atoms with van der Waals surface area (Å²) in [4.78, 5) is 17.1. The molecule has 0 unspecified atom stereocenters. The molecule has 2 N–H and O–H groups in total. The zero-order chi connectivity index (χ0) is 18.1. The molecule has 0 fully saturated rings. The van der Waals surface area contributed by atoms with Crippen molar-refractivity contribution in [2.75, 3.05) is 10.6 Å². The molecule has 3 aromatic rings. The Bertz CT molecular complexity index is 995. The number of nitrogens with zero attached hydrogens (tertiary/aromatic N) is 1. The molecule has 0 aliphatic carbocycles. The minimum Gasteiger partial charge on any atom is -0.381 e. The molecular weight excluding hydrogens is 356 g/mol. The Labute approximate surface area is 152 Å². The summed E-state index contributed by atoms with van der Waals surface area (Å²) in [5.74, 6) is -1.39. The van der Waals surface area contributed by atoms with E-state index in [1.807, 2.05) is 12.1 Å². The normalized spacial score (nSPS) is 14.4. The number of rotatable bonds is 4. The summed E-state index contributed by atoms with van der Waals surface area (Å²) in [5.41, 5.74) is 5.02. The minimum absolute atomic E-state index is 0.169. The number of amides is 1. The van der Waals surface area contributed by atoms with Gasteiger partial charge in [-0.2, -0.15) is 0 Å². The number of fused-ring (bicyclic) bond motifs is 1. The molecule has 0 saturated carbocycles. The molecule has 1 aromatic heterocycles. The molecule has 26 heavy (non-hydrogen) atoms. The maximum Gasteiger partial charge on any atom is 0.256 e. The van der Waals surface area contributed by atoms with E-state index in [0.717, 1.165) is 27.9 Å². The molecule has 2 heterocycles. The van der Waals surface area contributed by atoms with Crippen LogP contribution in [0.1, 0.15) is 16.0 Å². The van der Waals surface area contributed by atoms with Gasteiger partial charge in [0.2, 0.25) is 0 Å². The lowest BCUT2D eigenvalue weighted by molar-refractivity contribution is -0.110. The first-order chi connectivity index (χ1) is 12.6. The summed E-state index contributed by atoms with van der Waals surface area (Å²) in [7, 11) is 0. The van der Waals surface area contributed by atoms with Crippen LogP contribution in [0.4, 0.5) is 20.2 Å². The van der Waals surface area contributed by atoms with Gasteiger partial charge in [-0.15, -0.1) is 11.3 Å². The summed E-state index contributed by atoms with van der Waals surface area (Å²) in [6.07, 6.45) is 3.49. The van der Waals surface area contributed by atoms with E-state index in [1.54, 1.807) is 23.8 Å². The summed E-state index contributed by atoms with van der Waals surface area (Å²) < 4.78 is 26.6. The van der Waals surface area contributed by atoms with Crippen LogP contribution in [-0.2, 0) is 11.3 Å². The van der Waals surface area contributed by atoms with Crippen LogP contribution >= 0.6 is 11.3 Å². The van der Waals surface area contributed by atoms with Crippen LogP contribution in [0, 0.1) is 11.6 Å². The number of carbonyl (C=O) groups excluding carboxylic acids is 1. The lowest BCUT2D eigenvalue weighted by atomic mass is 10.1. The highest BCUT2D eigenvalue weighted by Gasteiger charge is 2.24. The van der Waals surface area contributed by atoms with Gasteiger partial charge in [0.05, 0.1) is 11.1 Å². The average Bonchev–Trinajstić information content (AvgIpc) is 3.21. The number of thiazole rings is 1. The second-order valence-corrected chi connectivity index (χ2v) is 6.73. The highest BCUT2D eigenvalue weighted by Crippen LogP contribution is 2.35. The molecule has 0 atom stereocenters. The van der Waals surface area contributed by atoms with Crippen molar-refractivity contribution in [1.82, 2.24) is 4.98 Å². The summed E-state index contributed by atoms with van der Waals surface area (Å²) in [6, 6.07) is 8.86. The Hall–Kier alpha value is -3.06. The third-order valence-corrected chi connectivity index (χ3v) is 4.68. The van der Waals surface area contributed by atoms with Crippen molar-refractivity contribution in [2.45, 2.75) is 6.54 Å². The van der Waals surface area contributed by atoms with Crippen molar-refractivity contribution < 1.29 is 13.6 Å². The van der Waals surface area contributed by atoms with E-state index in [1.165, 1.54) is 23.5 Å². The Morgan fingerprint density at radius 2 is 1.96 bits per heavy atom. The fourth-order valence-electron chi connectivity index (χ4n) is 2.80. The first kappa shape index (κ1) is 16.4. The summed E-state index contributed by atoms with van der Waals surface area (Å²) in [6.45, 7) is 0.267. The van der Waals surface area contributed by atoms with E-state index in [2.05, 4.69) is 15.6 Å². The minimum atomic E-state index is -0.611. The van der Waals surface area contributed by atoms with Crippen molar-refractivity contribution in [3.05, 3.63) is 75.7 Å². The molecule has 0 radical (unpaired) electrons. The van der Waals surface area contributed by atoms with Crippen LogP contribution in [0.25, 0.3) is 11.6 Å². The number of carbonyl (C=O) groups is 1. The molecule has 130 valence electrons. The standard InChI is InChI=1S/C19H13F2N3OS/c20-12-3-11(4-13(21)5-12)8-23-14-1-2-18-16(6-14)17(19(25)24-18)7-15-9-22-10-26-15/h1-7,9-10,23H,8H2,(H,24,25). The van der Waals surface area contributed by atoms with Crippen molar-refractivity contribution in [2.24, 2.45) is 0 Å². The highest BCUT2D eigenvalue weighted by molar-refractivity contribution is 7.10. The third kappa shape index (κ3) is 3.34. The SMILES string of the molecule is O=C1Nc2ccc(NCc3cc(F)cc(F)c3)cc2C1=Cc1cncs1.